The maximum absolute atomic E-state index is 11.4. The first-order valence-electron chi connectivity index (χ1n) is 7.57. The first-order chi connectivity index (χ1) is 12.0. The molecule has 0 unspecified atom stereocenters. The van der Waals surface area contributed by atoms with Crippen LogP contribution < -0.4 is 14.8 Å². The van der Waals surface area contributed by atoms with Crippen LogP contribution in [0.2, 0.25) is 0 Å². The Morgan fingerprint density at radius 3 is 2.48 bits per heavy atom. The van der Waals surface area contributed by atoms with E-state index in [4.69, 9.17) is 9.47 Å². The van der Waals surface area contributed by atoms with Crippen molar-refractivity contribution in [2.24, 2.45) is 0 Å². The molecule has 0 saturated carbocycles. The Morgan fingerprint density at radius 2 is 1.80 bits per heavy atom. The van der Waals surface area contributed by atoms with Gasteiger partial charge in [0, 0.05) is 28.9 Å². The van der Waals surface area contributed by atoms with Crippen LogP contribution in [-0.4, -0.2) is 24.1 Å². The molecule has 1 heterocycles. The Morgan fingerprint density at radius 1 is 1.04 bits per heavy atom. The summed E-state index contributed by atoms with van der Waals surface area (Å²) in [4.78, 5) is 15.4. The van der Waals surface area contributed by atoms with E-state index in [1.165, 1.54) is 0 Å². The molecule has 0 fully saturated rings. The molecule has 0 atom stereocenters. The van der Waals surface area contributed by atoms with E-state index in [0.29, 0.717) is 33.7 Å². The molecule has 0 amide bonds. The number of nitrogens with zero attached hydrogens (tertiary/aromatic N) is 2. The lowest BCUT2D eigenvalue weighted by Gasteiger charge is -2.12. The van der Waals surface area contributed by atoms with Gasteiger partial charge in [-0.2, -0.15) is 0 Å². The van der Waals surface area contributed by atoms with E-state index < -0.39 is 0 Å². The predicted molar refractivity (Wildman–Crippen MR) is 96.0 cm³/mol. The molecular weight excluding hydrogens is 322 g/mol. The standard InChI is InChI=1S/C18H17N3O4/c1-11-4-6-14-13(17(11)21(22)23)8-9-19-18(14)20-12-5-7-15(24-2)16(10-12)25-3/h4-10H,1-3H3,(H,19,20). The minimum absolute atomic E-state index is 0.0928. The van der Waals surface area contributed by atoms with Crippen molar-refractivity contribution >= 4 is 28.0 Å². The van der Waals surface area contributed by atoms with Crippen LogP contribution in [0.1, 0.15) is 5.56 Å². The average Bonchev–Trinajstić information content (AvgIpc) is 2.61. The van der Waals surface area contributed by atoms with Crippen molar-refractivity contribution in [2.75, 3.05) is 19.5 Å². The minimum atomic E-state index is -0.363. The summed E-state index contributed by atoms with van der Waals surface area (Å²) < 4.78 is 10.5. The van der Waals surface area contributed by atoms with Gasteiger partial charge in [0.2, 0.25) is 0 Å². The number of benzene rings is 2. The SMILES string of the molecule is COc1ccc(Nc2nccc3c([N+](=O)[O-])c(C)ccc23)cc1OC. The predicted octanol–water partition coefficient (Wildman–Crippen LogP) is 4.21. The molecule has 2 aromatic carbocycles. The van der Waals surface area contributed by atoms with Gasteiger partial charge in [-0.3, -0.25) is 10.1 Å². The summed E-state index contributed by atoms with van der Waals surface area (Å²) in [5.41, 5.74) is 1.44. The summed E-state index contributed by atoms with van der Waals surface area (Å²) in [6, 6.07) is 10.6. The average molecular weight is 339 g/mol. The van der Waals surface area contributed by atoms with Gasteiger partial charge in [0.1, 0.15) is 5.82 Å². The fourth-order valence-electron chi connectivity index (χ4n) is 2.74. The first kappa shape index (κ1) is 16.5. The quantitative estimate of drug-likeness (QED) is 0.553. The summed E-state index contributed by atoms with van der Waals surface area (Å²) in [5, 5.41) is 15.8. The van der Waals surface area contributed by atoms with Crippen molar-refractivity contribution in [3.8, 4) is 11.5 Å². The molecule has 1 aromatic heterocycles. The molecule has 3 aromatic rings. The third kappa shape index (κ3) is 3.03. The van der Waals surface area contributed by atoms with Crippen molar-refractivity contribution in [3.63, 3.8) is 0 Å². The number of ether oxygens (including phenoxy) is 2. The number of nitro groups is 1. The number of nitro benzene ring substituents is 1. The zero-order chi connectivity index (χ0) is 18.0. The number of pyridine rings is 1. The van der Waals surface area contributed by atoms with E-state index in [0.717, 1.165) is 5.69 Å². The number of methoxy groups -OCH3 is 2. The second kappa shape index (κ2) is 6.64. The molecule has 128 valence electrons. The highest BCUT2D eigenvalue weighted by molar-refractivity contribution is 5.99. The van der Waals surface area contributed by atoms with E-state index in [1.54, 1.807) is 51.6 Å². The van der Waals surface area contributed by atoms with Gasteiger partial charge in [-0.15, -0.1) is 0 Å². The number of aromatic nitrogens is 1. The van der Waals surface area contributed by atoms with E-state index in [2.05, 4.69) is 10.3 Å². The largest absolute Gasteiger partial charge is 0.493 e. The number of hydrogen-bond acceptors (Lipinski definition) is 6. The van der Waals surface area contributed by atoms with Gasteiger partial charge >= 0.3 is 0 Å². The highest BCUT2D eigenvalue weighted by Gasteiger charge is 2.17. The third-order valence-corrected chi connectivity index (χ3v) is 3.95. The van der Waals surface area contributed by atoms with Gasteiger partial charge in [0.15, 0.2) is 11.5 Å². The van der Waals surface area contributed by atoms with E-state index in [1.807, 2.05) is 12.1 Å². The van der Waals surface area contributed by atoms with Crippen molar-refractivity contribution < 1.29 is 14.4 Å². The lowest BCUT2D eigenvalue weighted by Crippen LogP contribution is -1.99. The monoisotopic (exact) mass is 339 g/mol. The van der Waals surface area contributed by atoms with Gasteiger partial charge in [0.05, 0.1) is 24.5 Å². The number of fused-ring (bicyclic) bond motifs is 1. The maximum Gasteiger partial charge on any atom is 0.280 e. The van der Waals surface area contributed by atoms with Crippen LogP contribution in [0.3, 0.4) is 0 Å². The Kier molecular flexibility index (Phi) is 4.38. The molecule has 0 saturated heterocycles. The molecule has 0 aliphatic carbocycles. The molecule has 0 spiro atoms. The Hall–Kier alpha value is -3.35. The van der Waals surface area contributed by atoms with Crippen molar-refractivity contribution in [3.05, 3.63) is 58.3 Å². The first-order valence-corrected chi connectivity index (χ1v) is 7.57. The van der Waals surface area contributed by atoms with E-state index in [-0.39, 0.29) is 10.6 Å². The molecule has 0 bridgehead atoms. The topological polar surface area (TPSA) is 86.5 Å². The smallest absolute Gasteiger partial charge is 0.280 e. The molecule has 7 heteroatoms. The molecular formula is C18H17N3O4. The van der Waals surface area contributed by atoms with Gasteiger partial charge in [-0.25, -0.2) is 4.98 Å². The lowest BCUT2D eigenvalue weighted by atomic mass is 10.1. The zero-order valence-electron chi connectivity index (χ0n) is 14.1. The second-order valence-corrected chi connectivity index (χ2v) is 5.44. The van der Waals surface area contributed by atoms with Crippen LogP contribution in [-0.2, 0) is 0 Å². The number of anilines is 2. The molecule has 1 N–H and O–H groups in total. The molecule has 0 aliphatic rings. The Labute approximate surface area is 144 Å². The van der Waals surface area contributed by atoms with Gasteiger partial charge < -0.3 is 14.8 Å². The molecule has 0 radical (unpaired) electrons. The third-order valence-electron chi connectivity index (χ3n) is 3.95. The normalized spacial score (nSPS) is 10.5. The molecule has 25 heavy (non-hydrogen) atoms. The number of hydrogen-bond donors (Lipinski definition) is 1. The van der Waals surface area contributed by atoms with Crippen LogP contribution in [0.5, 0.6) is 11.5 Å². The van der Waals surface area contributed by atoms with Crippen molar-refractivity contribution in [1.29, 1.82) is 0 Å². The van der Waals surface area contributed by atoms with E-state index in [9.17, 15) is 10.1 Å². The van der Waals surface area contributed by atoms with Crippen LogP contribution in [0, 0.1) is 17.0 Å². The lowest BCUT2D eigenvalue weighted by molar-refractivity contribution is -0.383. The van der Waals surface area contributed by atoms with Crippen LogP contribution in [0.4, 0.5) is 17.2 Å². The summed E-state index contributed by atoms with van der Waals surface area (Å²) in [6.45, 7) is 1.72. The summed E-state index contributed by atoms with van der Waals surface area (Å²) >= 11 is 0. The van der Waals surface area contributed by atoms with Crippen molar-refractivity contribution in [1.82, 2.24) is 4.98 Å². The molecule has 7 nitrogen and oxygen atoms in total. The fraction of sp³-hybridized carbons (Fsp3) is 0.167. The summed E-state index contributed by atoms with van der Waals surface area (Å²) in [6.07, 6.45) is 1.55. The van der Waals surface area contributed by atoms with Gasteiger partial charge in [-0.05, 0) is 31.2 Å². The number of aryl methyl sites for hydroxylation is 1. The van der Waals surface area contributed by atoms with Crippen LogP contribution >= 0.6 is 0 Å². The summed E-state index contributed by atoms with van der Waals surface area (Å²) in [5.74, 6) is 1.73. The van der Waals surface area contributed by atoms with Gasteiger partial charge in [-0.1, -0.05) is 6.07 Å². The van der Waals surface area contributed by atoms with Crippen LogP contribution in [0.25, 0.3) is 10.8 Å². The highest BCUT2D eigenvalue weighted by Crippen LogP contribution is 2.35. The fourth-order valence-corrected chi connectivity index (χ4v) is 2.74. The Bertz CT molecular complexity index is 956. The van der Waals surface area contributed by atoms with Gasteiger partial charge in [0.25, 0.3) is 5.69 Å². The van der Waals surface area contributed by atoms with E-state index >= 15 is 0 Å². The molecule has 0 aliphatic heterocycles. The second-order valence-electron chi connectivity index (χ2n) is 5.44. The van der Waals surface area contributed by atoms with Crippen molar-refractivity contribution in [2.45, 2.75) is 6.92 Å². The zero-order valence-corrected chi connectivity index (χ0v) is 14.1. The Balaban J connectivity index is 2.08. The summed E-state index contributed by atoms with van der Waals surface area (Å²) in [7, 11) is 3.13. The molecule has 3 rings (SSSR count). The number of nitrogens with one attached hydrogen (secondary N) is 1. The van der Waals surface area contributed by atoms with Crippen LogP contribution in [0.15, 0.2) is 42.6 Å². The highest BCUT2D eigenvalue weighted by atomic mass is 16.6. The number of rotatable bonds is 5. The minimum Gasteiger partial charge on any atom is -0.493 e. The maximum atomic E-state index is 11.4.